The van der Waals surface area contributed by atoms with E-state index >= 15 is 0 Å². The van der Waals surface area contributed by atoms with E-state index in [4.69, 9.17) is 9.90 Å². The first kappa shape index (κ1) is 4.27. The van der Waals surface area contributed by atoms with Crippen molar-refractivity contribution >= 4 is 26.5 Å². The summed E-state index contributed by atoms with van der Waals surface area (Å²) in [6, 6.07) is 0. The van der Waals surface area contributed by atoms with Crippen molar-refractivity contribution in [2.45, 2.75) is 0 Å². The van der Waals surface area contributed by atoms with Gasteiger partial charge >= 0.3 is 36.4 Å². The van der Waals surface area contributed by atoms with Gasteiger partial charge in [0.15, 0.2) is 0 Å². The molecule has 3 heteroatoms. The third-order valence-corrected chi connectivity index (χ3v) is 0. The quantitative estimate of drug-likeness (QED) is 0.494. The Hall–Kier alpha value is 0.269. The molecule has 0 aromatic rings. The first-order valence-electron chi connectivity index (χ1n) is 0.716. The predicted molar refractivity (Wildman–Crippen MR) is 15.2 cm³/mol. The summed E-state index contributed by atoms with van der Waals surface area (Å²) < 4.78 is -0.703. The van der Waals surface area contributed by atoms with Gasteiger partial charge in [0.05, 0.1) is 0 Å². The first-order chi connectivity index (χ1) is 1.73. The molecule has 0 aromatic carbocycles. The van der Waals surface area contributed by atoms with Gasteiger partial charge in [-0.2, -0.15) is 0 Å². The molecule has 0 aliphatic heterocycles. The normalized spacial score (nSPS) is 6.25. The van der Waals surface area contributed by atoms with Crippen molar-refractivity contribution in [1.29, 1.82) is 0 Å². The van der Waals surface area contributed by atoms with Crippen LogP contribution < -0.4 is 0 Å². The molecule has 22 valence electrons. The summed E-state index contributed by atoms with van der Waals surface area (Å²) in [5.74, 6) is 0. The average molecular weight is 165 g/mol. The van der Waals surface area contributed by atoms with Crippen LogP contribution in [0.5, 0.6) is 0 Å². The molecule has 0 heterocycles. The predicted octanol–water partition coefficient (Wildman–Crippen LogP) is -0.435. The third kappa shape index (κ3) is 50.6. The van der Waals surface area contributed by atoms with Crippen LogP contribution in [-0.4, -0.2) is 31.6 Å². The second-order valence-electron chi connectivity index (χ2n) is 0.338. The van der Waals surface area contributed by atoms with Gasteiger partial charge in [-0.05, 0) is 0 Å². The van der Waals surface area contributed by atoms with Crippen molar-refractivity contribution in [3.63, 3.8) is 0 Å². The van der Waals surface area contributed by atoms with Gasteiger partial charge in [0.2, 0.25) is 0 Å². The summed E-state index contributed by atoms with van der Waals surface area (Å²) in [7, 11) is 0. The minimum absolute atomic E-state index is 0.318. The Morgan fingerprint density at radius 1 is 2.00 bits per heavy atom. The Morgan fingerprint density at radius 2 is 2.00 bits per heavy atom. The Morgan fingerprint density at radius 3 is 2.00 bits per heavy atom. The second-order valence-corrected chi connectivity index (χ2v) is 1.75. The van der Waals surface area contributed by atoms with Gasteiger partial charge in [0.25, 0.3) is 0 Å². The van der Waals surface area contributed by atoms with Crippen LogP contribution in [0.15, 0.2) is 0 Å². The summed E-state index contributed by atoms with van der Waals surface area (Å²) in [6.45, 7) is 0. The zero-order valence-electron chi connectivity index (χ0n) is 1.93. The van der Waals surface area contributed by atoms with Gasteiger partial charge in [-0.3, -0.25) is 0 Å². The summed E-state index contributed by atoms with van der Waals surface area (Å²) in [5, 5.41) is 7.47. The van der Waals surface area contributed by atoms with Crippen molar-refractivity contribution < 1.29 is 9.90 Å². The molecule has 1 N–H and O–H groups in total. The maximum absolute atomic E-state index is 9.06. The fourth-order valence-corrected chi connectivity index (χ4v) is 0. The van der Waals surface area contributed by atoms with Gasteiger partial charge < -0.3 is 0 Å². The van der Waals surface area contributed by atoms with Crippen LogP contribution in [0.1, 0.15) is 0 Å². The zero-order valence-corrected chi connectivity index (χ0v) is 5.23. The van der Waals surface area contributed by atoms with Gasteiger partial charge in [0, 0.05) is 0 Å². The van der Waals surface area contributed by atoms with Crippen LogP contribution in [0.25, 0.3) is 0 Å². The Kier molecular flexibility index (Phi) is 1.68. The Balaban J connectivity index is 2.80. The van der Waals surface area contributed by atoms with E-state index in [2.05, 4.69) is 0 Å². The van der Waals surface area contributed by atoms with Gasteiger partial charge in [0.1, 0.15) is 0 Å². The molecule has 0 fully saturated rings. The van der Waals surface area contributed by atoms with Crippen LogP contribution in [0, 0.1) is 0 Å². The first-order valence-corrected chi connectivity index (χ1v) is 2.36. The topological polar surface area (TPSA) is 37.3 Å². The molecule has 0 bridgehead atoms. The summed E-state index contributed by atoms with van der Waals surface area (Å²) >= 11 is 0.318. The monoisotopic (exact) mass is 166 g/mol. The molecule has 0 aromatic heterocycles. The van der Waals surface area contributed by atoms with Crippen LogP contribution in [0.4, 0.5) is 4.79 Å². The summed E-state index contributed by atoms with van der Waals surface area (Å²) in [6.07, 6.45) is 0. The van der Waals surface area contributed by atoms with Crippen molar-refractivity contribution in [3.8, 4) is 0 Å². The van der Waals surface area contributed by atoms with Crippen LogP contribution in [0.3, 0.4) is 0 Å². The maximum atomic E-state index is 9.06. The van der Waals surface area contributed by atoms with E-state index in [-0.39, 0.29) is 0 Å². The summed E-state index contributed by atoms with van der Waals surface area (Å²) in [5.41, 5.74) is 0. The molecule has 0 spiro atoms. The minimum atomic E-state index is -0.703. The molecule has 0 atom stereocenters. The number of carboxylic acid groups (broad SMARTS) is 1. The Labute approximate surface area is 36.9 Å². The molecular formula is CH2O2Sn. The van der Waals surface area contributed by atoms with Gasteiger partial charge in [-0.15, -0.1) is 0 Å². The molecule has 0 saturated heterocycles. The molecule has 0 saturated carbocycles. The number of rotatable bonds is 0. The van der Waals surface area contributed by atoms with Gasteiger partial charge in [-0.1, -0.05) is 0 Å². The third-order valence-electron chi connectivity index (χ3n) is 0. The Bertz CT molecular complexity index is 29.0. The van der Waals surface area contributed by atoms with Crippen LogP contribution in [0.2, 0.25) is 0 Å². The van der Waals surface area contributed by atoms with E-state index in [1.807, 2.05) is 0 Å². The molecule has 0 unspecified atom stereocenters. The van der Waals surface area contributed by atoms with E-state index in [1.54, 1.807) is 0 Å². The van der Waals surface area contributed by atoms with Crippen LogP contribution in [-0.2, 0) is 0 Å². The van der Waals surface area contributed by atoms with E-state index in [1.165, 1.54) is 0 Å². The number of hydrogen-bond donors (Lipinski definition) is 1. The number of hydrogen-bond acceptors (Lipinski definition) is 1. The fourth-order valence-electron chi connectivity index (χ4n) is 0. The van der Waals surface area contributed by atoms with Crippen molar-refractivity contribution in [3.05, 3.63) is 0 Å². The second kappa shape index (κ2) is 1.57. The van der Waals surface area contributed by atoms with Crippen molar-refractivity contribution in [2.24, 2.45) is 0 Å². The van der Waals surface area contributed by atoms with Gasteiger partial charge in [-0.25, -0.2) is 0 Å². The van der Waals surface area contributed by atoms with E-state index < -0.39 is 3.99 Å². The number of carbonyl (C=O) groups is 1. The molecule has 2 nitrogen and oxygen atoms in total. The fraction of sp³-hybridized carbons (Fsp3) is 0. The standard InChI is InChI=1S/CHO2.Sn.H/c2-1-3;;/h(H,2,3);;. The zero-order chi connectivity index (χ0) is 3.58. The van der Waals surface area contributed by atoms with Crippen LogP contribution >= 0.6 is 0 Å². The van der Waals surface area contributed by atoms with Crippen molar-refractivity contribution in [1.82, 2.24) is 0 Å². The molecule has 0 aliphatic rings. The van der Waals surface area contributed by atoms with E-state index in [0.29, 0.717) is 22.5 Å². The molecule has 4 heavy (non-hydrogen) atoms. The molecule has 2 radical (unpaired) electrons. The van der Waals surface area contributed by atoms with Crippen molar-refractivity contribution in [2.75, 3.05) is 0 Å². The van der Waals surface area contributed by atoms with E-state index in [0.717, 1.165) is 0 Å². The average Bonchev–Trinajstić information content (AvgIpc) is 0.811. The molecular weight excluding hydrogens is 163 g/mol. The molecule has 0 amide bonds. The summed E-state index contributed by atoms with van der Waals surface area (Å²) in [4.78, 5) is 9.06. The molecule has 0 rings (SSSR count). The SMILES string of the molecule is O=[C](O)[SnH]. The molecule has 0 aliphatic carbocycles. The van der Waals surface area contributed by atoms with E-state index in [9.17, 15) is 0 Å².